The highest BCUT2D eigenvalue weighted by Crippen LogP contribution is 2.35. The lowest BCUT2D eigenvalue weighted by molar-refractivity contribution is 0.918. The molecule has 210 valence electrons. The highest BCUT2D eigenvalue weighted by atomic mass is 15.0. The van der Waals surface area contributed by atoms with E-state index in [2.05, 4.69) is 124 Å². The van der Waals surface area contributed by atoms with Crippen LogP contribution in [0.2, 0.25) is 0 Å². The Bertz CT molecular complexity index is 2100. The van der Waals surface area contributed by atoms with Crippen molar-refractivity contribution < 1.29 is 0 Å². The Kier molecular flexibility index (Phi) is 6.54. The largest absolute Gasteiger partial charge is 0.387 e. The zero-order valence-corrected chi connectivity index (χ0v) is 24.0. The fourth-order valence-corrected chi connectivity index (χ4v) is 5.93. The van der Waals surface area contributed by atoms with Gasteiger partial charge < -0.3 is 10.6 Å². The topological polar surface area (TPSA) is 62.7 Å². The Balaban J connectivity index is 1.17. The predicted octanol–water partition coefficient (Wildman–Crippen LogP) is 8.71. The van der Waals surface area contributed by atoms with Gasteiger partial charge >= 0.3 is 0 Å². The van der Waals surface area contributed by atoms with Gasteiger partial charge in [0.1, 0.15) is 0 Å². The van der Waals surface area contributed by atoms with E-state index in [1.54, 1.807) is 0 Å². The van der Waals surface area contributed by atoms with E-state index < -0.39 is 0 Å². The van der Waals surface area contributed by atoms with Crippen molar-refractivity contribution in [1.29, 1.82) is 0 Å². The van der Waals surface area contributed by atoms with E-state index in [0.717, 1.165) is 67.9 Å². The number of hydrogen-bond acceptors (Lipinski definition) is 5. The smallest absolute Gasteiger partial charge is 0.0873 e. The first kappa shape index (κ1) is 25.9. The third-order valence-electron chi connectivity index (χ3n) is 8.26. The molecular weight excluding hydrogens is 538 g/mol. The van der Waals surface area contributed by atoms with Crippen LogP contribution in [0.4, 0.5) is 5.69 Å². The standard InChI is InChI=1S/C39H29N5/c1-2-18-42-36(7-1)37-15-13-27-9-11-29(23-39(27)44-37)35-14-12-26-8-10-28(22-38(26)43-35)32-19-33(30-5-3-16-40-24-30)21-34(20-32)31-6-4-17-41-25-31/h1-24,37,41,44H,25H2. The van der Waals surface area contributed by atoms with Gasteiger partial charge in [0.15, 0.2) is 0 Å². The van der Waals surface area contributed by atoms with Crippen LogP contribution in [0.1, 0.15) is 22.9 Å². The highest BCUT2D eigenvalue weighted by molar-refractivity contribution is 5.89. The fraction of sp³-hybridized carbons (Fsp3) is 0.0513. The van der Waals surface area contributed by atoms with Gasteiger partial charge in [0.2, 0.25) is 0 Å². The lowest BCUT2D eigenvalue weighted by Crippen LogP contribution is -2.13. The van der Waals surface area contributed by atoms with E-state index in [9.17, 15) is 0 Å². The van der Waals surface area contributed by atoms with Crippen molar-refractivity contribution in [3.63, 3.8) is 0 Å². The summed E-state index contributed by atoms with van der Waals surface area (Å²) in [6, 6.07) is 34.2. The van der Waals surface area contributed by atoms with Crippen LogP contribution in [0.15, 0.2) is 140 Å². The number of hydrogen-bond donors (Lipinski definition) is 2. The number of allylic oxidation sites excluding steroid dienone is 2. The van der Waals surface area contributed by atoms with Gasteiger partial charge in [-0.2, -0.15) is 0 Å². The predicted molar refractivity (Wildman–Crippen MR) is 181 cm³/mol. The molecule has 5 heterocycles. The van der Waals surface area contributed by atoms with Crippen LogP contribution in [-0.4, -0.2) is 21.5 Å². The molecule has 1 atom stereocenters. The maximum absolute atomic E-state index is 5.15. The molecule has 2 aliphatic rings. The molecule has 0 amide bonds. The molecule has 0 saturated heterocycles. The second kappa shape index (κ2) is 11.1. The molecule has 0 fully saturated rings. The maximum atomic E-state index is 5.15. The summed E-state index contributed by atoms with van der Waals surface area (Å²) in [4.78, 5) is 14.1. The monoisotopic (exact) mass is 567 g/mol. The summed E-state index contributed by atoms with van der Waals surface area (Å²) in [6.07, 6.45) is 16.1. The third-order valence-corrected chi connectivity index (χ3v) is 8.26. The SMILES string of the molecule is C1=CNCC(c2cc(-c3cccnc3)cc(-c3ccc4ccc(-c5ccc6c(c5)NC(c5ccccn5)C=C6)nc4c3)c2)=C1. The number of rotatable bonds is 5. The van der Waals surface area contributed by atoms with Crippen molar-refractivity contribution in [2.24, 2.45) is 0 Å². The molecule has 6 aromatic rings. The number of nitrogens with one attached hydrogen (secondary N) is 2. The van der Waals surface area contributed by atoms with Crippen LogP contribution < -0.4 is 10.6 Å². The molecule has 0 radical (unpaired) electrons. The van der Waals surface area contributed by atoms with Gasteiger partial charge in [0.05, 0.1) is 22.9 Å². The summed E-state index contributed by atoms with van der Waals surface area (Å²) in [5, 5.41) is 8.10. The molecule has 0 bridgehead atoms. The summed E-state index contributed by atoms with van der Waals surface area (Å²) < 4.78 is 0. The van der Waals surface area contributed by atoms with E-state index in [-0.39, 0.29) is 6.04 Å². The summed E-state index contributed by atoms with van der Waals surface area (Å²) in [6.45, 7) is 0.795. The van der Waals surface area contributed by atoms with Crippen LogP contribution in [0.25, 0.3) is 56.1 Å². The Morgan fingerprint density at radius 2 is 1.59 bits per heavy atom. The van der Waals surface area contributed by atoms with Gasteiger partial charge in [-0.1, -0.05) is 60.7 Å². The van der Waals surface area contributed by atoms with E-state index in [0.29, 0.717) is 0 Å². The van der Waals surface area contributed by atoms with Gasteiger partial charge in [0.25, 0.3) is 0 Å². The molecule has 3 aromatic heterocycles. The van der Waals surface area contributed by atoms with Crippen molar-refractivity contribution in [3.05, 3.63) is 157 Å². The van der Waals surface area contributed by atoms with E-state index in [1.807, 2.05) is 43.0 Å². The third kappa shape index (κ3) is 5.05. The number of fused-ring (bicyclic) bond motifs is 2. The zero-order chi connectivity index (χ0) is 29.3. The van der Waals surface area contributed by atoms with Gasteiger partial charge in [-0.3, -0.25) is 9.97 Å². The quantitative estimate of drug-likeness (QED) is 0.218. The number of dihydropyridines is 1. The van der Waals surface area contributed by atoms with E-state index in [1.165, 1.54) is 11.1 Å². The Hall–Kier alpha value is -5.81. The van der Waals surface area contributed by atoms with Crippen LogP contribution in [0.5, 0.6) is 0 Å². The lowest BCUT2D eigenvalue weighted by atomic mass is 9.92. The second-order valence-corrected chi connectivity index (χ2v) is 11.1. The molecule has 0 saturated carbocycles. The molecule has 5 heteroatoms. The maximum Gasteiger partial charge on any atom is 0.0873 e. The molecule has 0 aliphatic carbocycles. The summed E-state index contributed by atoms with van der Waals surface area (Å²) in [5.41, 5.74) is 13.2. The molecule has 2 N–H and O–H groups in total. The molecule has 3 aromatic carbocycles. The molecule has 2 aliphatic heterocycles. The van der Waals surface area contributed by atoms with Crippen molar-refractivity contribution in [2.75, 3.05) is 11.9 Å². The van der Waals surface area contributed by atoms with Gasteiger partial charge in [-0.15, -0.1) is 0 Å². The Morgan fingerprint density at radius 1 is 0.705 bits per heavy atom. The number of aromatic nitrogens is 3. The summed E-state index contributed by atoms with van der Waals surface area (Å²) in [7, 11) is 0. The first-order chi connectivity index (χ1) is 21.8. The minimum absolute atomic E-state index is 0.0366. The van der Waals surface area contributed by atoms with Crippen LogP contribution in [0.3, 0.4) is 0 Å². The Morgan fingerprint density at radius 3 is 2.43 bits per heavy atom. The zero-order valence-electron chi connectivity index (χ0n) is 24.0. The molecule has 1 unspecified atom stereocenters. The summed E-state index contributed by atoms with van der Waals surface area (Å²) >= 11 is 0. The summed E-state index contributed by atoms with van der Waals surface area (Å²) in [5.74, 6) is 0. The number of pyridine rings is 3. The minimum atomic E-state index is 0.0366. The minimum Gasteiger partial charge on any atom is -0.387 e. The molecule has 44 heavy (non-hydrogen) atoms. The average molecular weight is 568 g/mol. The van der Waals surface area contributed by atoms with Crippen molar-refractivity contribution >= 4 is 28.2 Å². The Labute approximate surface area is 256 Å². The molecule has 8 rings (SSSR count). The first-order valence-corrected chi connectivity index (χ1v) is 14.8. The van der Waals surface area contributed by atoms with Gasteiger partial charge in [0, 0.05) is 47.3 Å². The number of anilines is 1. The molecule has 5 nitrogen and oxygen atoms in total. The normalized spacial score (nSPS) is 15.3. The van der Waals surface area contributed by atoms with Crippen molar-refractivity contribution in [1.82, 2.24) is 20.3 Å². The van der Waals surface area contributed by atoms with E-state index >= 15 is 0 Å². The average Bonchev–Trinajstić information content (AvgIpc) is 3.11. The van der Waals surface area contributed by atoms with Crippen molar-refractivity contribution in [2.45, 2.75) is 6.04 Å². The number of nitrogens with zero attached hydrogens (tertiary/aromatic N) is 3. The van der Waals surface area contributed by atoms with Crippen molar-refractivity contribution in [3.8, 4) is 33.5 Å². The highest BCUT2D eigenvalue weighted by Gasteiger charge is 2.17. The van der Waals surface area contributed by atoms with Crippen LogP contribution in [-0.2, 0) is 0 Å². The molecule has 0 spiro atoms. The van der Waals surface area contributed by atoms with E-state index in [4.69, 9.17) is 4.98 Å². The first-order valence-electron chi connectivity index (χ1n) is 14.8. The second-order valence-electron chi connectivity index (χ2n) is 11.1. The van der Waals surface area contributed by atoms with Crippen LogP contribution >= 0.6 is 0 Å². The van der Waals surface area contributed by atoms with Gasteiger partial charge in [-0.25, -0.2) is 4.98 Å². The molecular formula is C39H29N5. The number of benzene rings is 3. The van der Waals surface area contributed by atoms with Crippen LogP contribution in [0, 0.1) is 0 Å². The lowest BCUT2D eigenvalue weighted by Gasteiger charge is -2.22. The fourth-order valence-electron chi connectivity index (χ4n) is 5.93. The van der Waals surface area contributed by atoms with Gasteiger partial charge in [-0.05, 0) is 100 Å².